The van der Waals surface area contributed by atoms with E-state index >= 15 is 0 Å². The van der Waals surface area contributed by atoms with Gasteiger partial charge in [-0.3, -0.25) is 4.79 Å². The van der Waals surface area contributed by atoms with E-state index in [9.17, 15) is 10.1 Å². The predicted octanol–water partition coefficient (Wildman–Crippen LogP) is 3.53. The number of nitriles is 1. The number of thioether (sulfide) groups is 1. The number of hydrogen-bond donors (Lipinski definition) is 1. The zero-order valence-corrected chi connectivity index (χ0v) is 13.6. The molecule has 0 radical (unpaired) electrons. The molecule has 0 bridgehead atoms. The molecule has 0 fully saturated rings. The van der Waals surface area contributed by atoms with Crippen molar-refractivity contribution in [1.29, 1.82) is 5.26 Å². The van der Waals surface area contributed by atoms with Crippen molar-refractivity contribution < 1.29 is 4.79 Å². The summed E-state index contributed by atoms with van der Waals surface area (Å²) in [5, 5.41) is 12.2. The van der Waals surface area contributed by atoms with Crippen molar-refractivity contribution in [2.45, 2.75) is 45.1 Å². The van der Waals surface area contributed by atoms with E-state index in [-0.39, 0.29) is 11.3 Å². The normalized spacial score (nSPS) is 14.2. The number of carbonyl (C=O) groups excluding carboxylic acids is 1. The van der Waals surface area contributed by atoms with Crippen molar-refractivity contribution in [3.63, 3.8) is 0 Å². The molecule has 0 heterocycles. The summed E-state index contributed by atoms with van der Waals surface area (Å²) in [6.45, 7) is 9.64. The third kappa shape index (κ3) is 4.01. The van der Waals surface area contributed by atoms with Gasteiger partial charge in [-0.1, -0.05) is 39.0 Å². The van der Waals surface area contributed by atoms with Gasteiger partial charge in [-0.05, 0) is 30.9 Å². The Bertz CT molecular complexity index is 528. The first kappa shape index (κ1) is 16.6. The molecule has 1 aromatic carbocycles. The molecule has 0 aliphatic heterocycles. The molecule has 0 unspecified atom stereocenters. The second-order valence-corrected chi connectivity index (χ2v) is 7.11. The molecule has 4 heteroatoms. The number of hydrogen-bond acceptors (Lipinski definition) is 3. The third-order valence-corrected chi connectivity index (χ3v) is 4.74. The fraction of sp³-hybridized carbons (Fsp3) is 0.500. The lowest BCUT2D eigenvalue weighted by Crippen LogP contribution is -2.54. The van der Waals surface area contributed by atoms with Crippen LogP contribution in [0.4, 0.5) is 0 Å². The van der Waals surface area contributed by atoms with Crippen molar-refractivity contribution in [3.8, 4) is 6.07 Å². The highest BCUT2D eigenvalue weighted by Gasteiger charge is 2.39. The van der Waals surface area contributed by atoms with Crippen LogP contribution in [0.25, 0.3) is 0 Å². The molecule has 0 saturated carbocycles. The summed E-state index contributed by atoms with van der Waals surface area (Å²) in [6.07, 6.45) is 0. The van der Waals surface area contributed by atoms with E-state index in [1.165, 1.54) is 11.8 Å². The number of benzene rings is 1. The molecule has 0 aliphatic carbocycles. The lowest BCUT2D eigenvalue weighted by atomic mass is 9.76. The zero-order chi connectivity index (χ0) is 15.4. The van der Waals surface area contributed by atoms with Crippen molar-refractivity contribution >= 4 is 17.7 Å². The Hall–Kier alpha value is -1.47. The summed E-state index contributed by atoms with van der Waals surface area (Å²) in [5.41, 5.74) is -0.0228. The maximum Gasteiger partial charge on any atom is 0.231 e. The molecular weight excluding hydrogens is 268 g/mol. The monoisotopic (exact) mass is 290 g/mol. The molecule has 0 spiro atoms. The Morgan fingerprint density at radius 2 is 1.90 bits per heavy atom. The number of rotatable bonds is 4. The first-order chi connectivity index (χ1) is 9.19. The van der Waals surface area contributed by atoms with Crippen LogP contribution in [0.1, 0.15) is 33.3 Å². The van der Waals surface area contributed by atoms with Gasteiger partial charge in [0, 0.05) is 4.90 Å². The van der Waals surface area contributed by atoms with E-state index in [1.54, 1.807) is 6.92 Å². The van der Waals surface area contributed by atoms with Gasteiger partial charge in [-0.15, -0.1) is 11.8 Å². The Balaban J connectivity index is 2.66. The second kappa shape index (κ2) is 6.32. The molecule has 20 heavy (non-hydrogen) atoms. The molecule has 1 atom stereocenters. The van der Waals surface area contributed by atoms with Gasteiger partial charge in [0.25, 0.3) is 0 Å². The summed E-state index contributed by atoms with van der Waals surface area (Å²) >= 11 is 1.50. The van der Waals surface area contributed by atoms with Gasteiger partial charge in [0.1, 0.15) is 5.54 Å². The van der Waals surface area contributed by atoms with Crippen LogP contribution in [0.2, 0.25) is 0 Å². The predicted molar refractivity (Wildman–Crippen MR) is 83.5 cm³/mol. The maximum absolute atomic E-state index is 12.1. The molecule has 1 aromatic rings. The van der Waals surface area contributed by atoms with Crippen LogP contribution in [0.15, 0.2) is 29.2 Å². The van der Waals surface area contributed by atoms with Crippen LogP contribution in [0.3, 0.4) is 0 Å². The van der Waals surface area contributed by atoms with Crippen LogP contribution in [0.5, 0.6) is 0 Å². The minimum atomic E-state index is -0.865. The van der Waals surface area contributed by atoms with Crippen LogP contribution >= 0.6 is 11.8 Å². The fourth-order valence-electron chi connectivity index (χ4n) is 1.56. The number of amides is 1. The van der Waals surface area contributed by atoms with Gasteiger partial charge < -0.3 is 5.32 Å². The van der Waals surface area contributed by atoms with E-state index < -0.39 is 5.54 Å². The lowest BCUT2D eigenvalue weighted by Gasteiger charge is -2.36. The van der Waals surface area contributed by atoms with Crippen molar-refractivity contribution in [2.24, 2.45) is 5.41 Å². The Kier molecular flexibility index (Phi) is 5.24. The molecule has 1 amide bonds. The highest BCUT2D eigenvalue weighted by Crippen LogP contribution is 2.29. The summed E-state index contributed by atoms with van der Waals surface area (Å²) in [7, 11) is 0. The lowest BCUT2D eigenvalue weighted by molar-refractivity contribution is -0.120. The van der Waals surface area contributed by atoms with Gasteiger partial charge in [-0.2, -0.15) is 5.26 Å². The quantitative estimate of drug-likeness (QED) is 0.863. The summed E-state index contributed by atoms with van der Waals surface area (Å²) in [5.74, 6) is 0.204. The Labute approximate surface area is 125 Å². The number of nitrogens with zero attached hydrogens (tertiary/aromatic N) is 1. The highest BCUT2D eigenvalue weighted by molar-refractivity contribution is 8.00. The van der Waals surface area contributed by atoms with Gasteiger partial charge in [-0.25, -0.2) is 0 Å². The molecular formula is C16H22N2OS. The minimum absolute atomic E-state index is 0.114. The van der Waals surface area contributed by atoms with E-state index in [2.05, 4.69) is 11.4 Å². The molecule has 0 saturated heterocycles. The summed E-state index contributed by atoms with van der Waals surface area (Å²) < 4.78 is 0. The zero-order valence-electron chi connectivity index (χ0n) is 12.8. The second-order valence-electron chi connectivity index (χ2n) is 6.09. The molecule has 3 nitrogen and oxygen atoms in total. The van der Waals surface area contributed by atoms with Gasteiger partial charge in [0.05, 0.1) is 11.8 Å². The van der Waals surface area contributed by atoms with Gasteiger partial charge in [0.2, 0.25) is 5.91 Å². The first-order valence-corrected chi connectivity index (χ1v) is 7.59. The first-order valence-electron chi connectivity index (χ1n) is 6.60. The Morgan fingerprint density at radius 3 is 2.40 bits per heavy atom. The van der Waals surface area contributed by atoms with E-state index in [0.717, 1.165) is 10.5 Å². The van der Waals surface area contributed by atoms with E-state index in [0.29, 0.717) is 5.75 Å². The number of nitrogens with one attached hydrogen (secondary N) is 1. The molecule has 1 N–H and O–H groups in total. The van der Waals surface area contributed by atoms with Crippen LogP contribution < -0.4 is 5.32 Å². The third-order valence-electron chi connectivity index (χ3n) is 3.57. The highest BCUT2D eigenvalue weighted by atomic mass is 32.2. The topological polar surface area (TPSA) is 52.9 Å². The average molecular weight is 290 g/mol. The smallest absolute Gasteiger partial charge is 0.231 e. The standard InChI is InChI=1S/C16H22N2OS/c1-12-8-6-7-9-13(12)20-10-14(19)18-16(5,11-17)15(2,3)4/h6-9H,10H2,1-5H3,(H,18,19)/t16-/m1/s1. The largest absolute Gasteiger partial charge is 0.337 e. The molecule has 0 aliphatic rings. The minimum Gasteiger partial charge on any atom is -0.337 e. The van der Waals surface area contributed by atoms with Crippen molar-refractivity contribution in [3.05, 3.63) is 29.8 Å². The average Bonchev–Trinajstić information content (AvgIpc) is 2.36. The van der Waals surface area contributed by atoms with Gasteiger partial charge in [0.15, 0.2) is 0 Å². The van der Waals surface area contributed by atoms with Crippen molar-refractivity contribution in [2.75, 3.05) is 5.75 Å². The van der Waals surface area contributed by atoms with E-state index in [4.69, 9.17) is 0 Å². The summed E-state index contributed by atoms with van der Waals surface area (Å²) in [6, 6.07) is 10.2. The maximum atomic E-state index is 12.1. The van der Waals surface area contributed by atoms with Gasteiger partial charge >= 0.3 is 0 Å². The Morgan fingerprint density at radius 1 is 1.30 bits per heavy atom. The number of aryl methyl sites for hydroxylation is 1. The SMILES string of the molecule is Cc1ccccc1SCC(=O)N[C@](C)(C#N)C(C)(C)C. The van der Waals surface area contributed by atoms with Crippen LogP contribution in [-0.4, -0.2) is 17.2 Å². The number of carbonyl (C=O) groups is 1. The fourth-order valence-corrected chi connectivity index (χ4v) is 2.39. The van der Waals surface area contributed by atoms with Crippen LogP contribution in [0, 0.1) is 23.7 Å². The van der Waals surface area contributed by atoms with Crippen molar-refractivity contribution in [1.82, 2.24) is 5.32 Å². The summed E-state index contributed by atoms with van der Waals surface area (Å²) in [4.78, 5) is 13.2. The molecule has 108 valence electrons. The van der Waals surface area contributed by atoms with Crippen LogP contribution in [-0.2, 0) is 4.79 Å². The molecule has 1 rings (SSSR count). The van der Waals surface area contributed by atoms with E-state index in [1.807, 2.05) is 52.0 Å². The molecule has 0 aromatic heterocycles.